The van der Waals surface area contributed by atoms with Gasteiger partial charge in [-0.15, -0.1) is 0 Å². The largest absolute Gasteiger partial charge is 0.322 e. The fourth-order valence-corrected chi connectivity index (χ4v) is 5.48. The number of hydrogen-bond donors (Lipinski definition) is 2. The summed E-state index contributed by atoms with van der Waals surface area (Å²) in [6.45, 7) is 7.25. The second kappa shape index (κ2) is 8.38. The molecule has 0 aliphatic carbocycles. The van der Waals surface area contributed by atoms with Gasteiger partial charge < -0.3 is 9.80 Å². The first-order chi connectivity index (χ1) is 15.8. The van der Waals surface area contributed by atoms with Crippen molar-refractivity contribution in [2.45, 2.75) is 6.54 Å². The van der Waals surface area contributed by atoms with E-state index < -0.39 is 0 Å². The maximum Gasteiger partial charge on any atom is 0.127 e. The minimum absolute atomic E-state index is 1.13. The normalized spacial score (nSPS) is 19.5. The van der Waals surface area contributed by atoms with E-state index in [1.54, 1.807) is 9.80 Å². The Morgan fingerprint density at radius 2 is 1.25 bits per heavy atom. The van der Waals surface area contributed by atoms with E-state index in [1.165, 1.54) is 69.6 Å². The third-order valence-electron chi connectivity index (χ3n) is 7.24. The van der Waals surface area contributed by atoms with Crippen LogP contribution in [-0.4, -0.2) is 32.7 Å². The third kappa shape index (κ3) is 3.66. The number of hydrogen-bond acceptors (Lipinski definition) is 0. The number of quaternary nitrogens is 2. The first kappa shape index (κ1) is 19.5. The predicted octanol–water partition coefficient (Wildman–Crippen LogP) is 3.58. The van der Waals surface area contributed by atoms with Gasteiger partial charge in [-0.3, -0.25) is 0 Å². The molecule has 0 atom stereocenters. The molecule has 5 aromatic carbocycles. The fourth-order valence-electron chi connectivity index (χ4n) is 5.48. The quantitative estimate of drug-likeness (QED) is 0.404. The zero-order chi connectivity index (χ0) is 21.3. The molecule has 0 aromatic heterocycles. The van der Waals surface area contributed by atoms with Crippen LogP contribution in [0.15, 0.2) is 91.0 Å². The Morgan fingerprint density at radius 1 is 0.594 bits per heavy atom. The van der Waals surface area contributed by atoms with Crippen LogP contribution in [0.1, 0.15) is 11.1 Å². The first-order valence-electron chi connectivity index (χ1n) is 11.9. The molecule has 32 heavy (non-hydrogen) atoms. The molecular formula is C30H30N2+2. The van der Waals surface area contributed by atoms with Gasteiger partial charge in [0.1, 0.15) is 32.7 Å². The number of rotatable bonds is 5. The summed E-state index contributed by atoms with van der Waals surface area (Å²) in [6.07, 6.45) is 4.60. The molecule has 2 nitrogen and oxygen atoms in total. The lowest BCUT2D eigenvalue weighted by molar-refractivity contribution is -1.02. The van der Waals surface area contributed by atoms with Gasteiger partial charge in [0.15, 0.2) is 0 Å². The SMILES string of the molecule is C(=C\c1ccccc1)/C[NH+]1CC[NH+](Cc2ccc3ccc4cccc5ccc2c3c45)CC1. The van der Waals surface area contributed by atoms with E-state index in [1.807, 2.05) is 0 Å². The lowest BCUT2D eigenvalue weighted by atomic mass is 9.92. The number of benzene rings is 5. The molecule has 158 valence electrons. The molecule has 1 heterocycles. The summed E-state index contributed by atoms with van der Waals surface area (Å²) < 4.78 is 0. The van der Waals surface area contributed by atoms with Crippen molar-refractivity contribution < 1.29 is 9.80 Å². The van der Waals surface area contributed by atoms with Crippen LogP contribution >= 0.6 is 0 Å². The van der Waals surface area contributed by atoms with Crippen LogP contribution in [0.25, 0.3) is 38.4 Å². The highest BCUT2D eigenvalue weighted by Crippen LogP contribution is 2.35. The topological polar surface area (TPSA) is 8.88 Å². The van der Waals surface area contributed by atoms with Crippen LogP contribution in [-0.2, 0) is 6.54 Å². The second-order valence-corrected chi connectivity index (χ2v) is 9.27. The van der Waals surface area contributed by atoms with Gasteiger partial charge in [0.25, 0.3) is 0 Å². The summed E-state index contributed by atoms with van der Waals surface area (Å²) in [5, 5.41) is 8.39. The van der Waals surface area contributed by atoms with Gasteiger partial charge in [-0.1, -0.05) is 91.0 Å². The van der Waals surface area contributed by atoms with E-state index in [0.29, 0.717) is 0 Å². The number of nitrogens with one attached hydrogen (secondary N) is 2. The summed E-state index contributed by atoms with van der Waals surface area (Å²) in [5.74, 6) is 0. The molecule has 2 heteroatoms. The zero-order valence-electron chi connectivity index (χ0n) is 18.5. The zero-order valence-corrected chi connectivity index (χ0v) is 18.5. The van der Waals surface area contributed by atoms with Gasteiger partial charge in [-0.25, -0.2) is 0 Å². The maximum absolute atomic E-state index is 2.37. The highest BCUT2D eigenvalue weighted by Gasteiger charge is 2.23. The van der Waals surface area contributed by atoms with Crippen LogP contribution in [0.3, 0.4) is 0 Å². The lowest BCUT2D eigenvalue weighted by Gasteiger charge is -2.29. The molecule has 1 saturated heterocycles. The van der Waals surface area contributed by atoms with Crippen LogP contribution in [0.5, 0.6) is 0 Å². The van der Waals surface area contributed by atoms with E-state index in [4.69, 9.17) is 0 Å². The molecule has 0 saturated carbocycles. The highest BCUT2D eigenvalue weighted by atomic mass is 15.3. The molecule has 2 N–H and O–H groups in total. The Labute approximate surface area is 189 Å². The van der Waals surface area contributed by atoms with Crippen molar-refractivity contribution in [1.29, 1.82) is 0 Å². The van der Waals surface area contributed by atoms with Crippen LogP contribution < -0.4 is 9.80 Å². The van der Waals surface area contributed by atoms with E-state index in [9.17, 15) is 0 Å². The summed E-state index contributed by atoms with van der Waals surface area (Å²) >= 11 is 0. The minimum Gasteiger partial charge on any atom is -0.322 e. The van der Waals surface area contributed by atoms with Gasteiger partial charge in [-0.2, -0.15) is 0 Å². The van der Waals surface area contributed by atoms with Crippen LogP contribution in [0, 0.1) is 0 Å². The minimum atomic E-state index is 1.13. The Balaban J connectivity index is 1.17. The van der Waals surface area contributed by atoms with Crippen molar-refractivity contribution in [3.05, 3.63) is 102 Å². The first-order valence-corrected chi connectivity index (χ1v) is 11.9. The predicted molar refractivity (Wildman–Crippen MR) is 136 cm³/mol. The molecular weight excluding hydrogens is 388 g/mol. The summed E-state index contributed by atoms with van der Waals surface area (Å²) in [7, 11) is 0. The van der Waals surface area contributed by atoms with E-state index >= 15 is 0 Å². The average molecular weight is 419 g/mol. The van der Waals surface area contributed by atoms with Gasteiger partial charge >= 0.3 is 0 Å². The van der Waals surface area contributed by atoms with E-state index in [0.717, 1.165) is 13.1 Å². The van der Waals surface area contributed by atoms with Crippen molar-refractivity contribution in [1.82, 2.24) is 0 Å². The summed E-state index contributed by atoms with van der Waals surface area (Å²) in [6, 6.07) is 31.2. The molecule has 5 aromatic rings. The Hall–Kier alpha value is -3.20. The molecule has 0 unspecified atom stereocenters. The molecule has 0 bridgehead atoms. The average Bonchev–Trinajstić information content (AvgIpc) is 2.85. The van der Waals surface area contributed by atoms with Gasteiger partial charge in [-0.05, 0) is 44.0 Å². The molecule has 0 spiro atoms. The van der Waals surface area contributed by atoms with Crippen LogP contribution in [0.4, 0.5) is 0 Å². The standard InChI is InChI=1S/C30H28N2/c1-2-6-23(7-3-1)8-5-17-31-18-20-32(21-19-31)22-27-14-13-26-12-11-24-9-4-10-25-15-16-28(27)30(26)29(24)25/h1-16H,17-22H2/p+2/b8-5+. The monoisotopic (exact) mass is 418 g/mol. The molecule has 1 aliphatic heterocycles. The van der Waals surface area contributed by atoms with Crippen LogP contribution in [0.2, 0.25) is 0 Å². The molecule has 0 amide bonds. The second-order valence-electron chi connectivity index (χ2n) is 9.27. The Kier molecular flexibility index (Phi) is 5.10. The summed E-state index contributed by atoms with van der Waals surface area (Å²) in [5.41, 5.74) is 2.79. The van der Waals surface area contributed by atoms with Gasteiger partial charge in [0, 0.05) is 5.56 Å². The lowest BCUT2D eigenvalue weighted by Crippen LogP contribution is -3.27. The Bertz CT molecular complexity index is 1360. The maximum atomic E-state index is 2.37. The third-order valence-corrected chi connectivity index (χ3v) is 7.24. The van der Waals surface area contributed by atoms with Crippen molar-refractivity contribution in [3.8, 4) is 0 Å². The van der Waals surface area contributed by atoms with E-state index in [2.05, 4.69) is 97.1 Å². The van der Waals surface area contributed by atoms with Crippen molar-refractivity contribution in [3.63, 3.8) is 0 Å². The van der Waals surface area contributed by atoms with E-state index in [-0.39, 0.29) is 0 Å². The summed E-state index contributed by atoms with van der Waals surface area (Å²) in [4.78, 5) is 3.42. The molecule has 0 radical (unpaired) electrons. The smallest absolute Gasteiger partial charge is 0.127 e. The van der Waals surface area contributed by atoms with Gasteiger partial charge in [0.05, 0.1) is 6.54 Å². The van der Waals surface area contributed by atoms with Crippen molar-refractivity contribution in [2.24, 2.45) is 0 Å². The number of piperazine rings is 1. The molecule has 6 rings (SSSR count). The fraction of sp³-hybridized carbons (Fsp3) is 0.200. The van der Waals surface area contributed by atoms with Crippen molar-refractivity contribution >= 4 is 38.4 Å². The van der Waals surface area contributed by atoms with Gasteiger partial charge in [0.2, 0.25) is 0 Å². The highest BCUT2D eigenvalue weighted by molar-refractivity contribution is 6.23. The molecule has 1 fully saturated rings. The Morgan fingerprint density at radius 3 is 2.03 bits per heavy atom. The van der Waals surface area contributed by atoms with Crippen molar-refractivity contribution in [2.75, 3.05) is 32.7 Å². The molecule has 1 aliphatic rings.